The fourth-order valence-electron chi connectivity index (χ4n) is 2.89. The molecule has 1 aliphatic heterocycles. The van der Waals surface area contributed by atoms with Gasteiger partial charge in [-0.25, -0.2) is 14.8 Å². The van der Waals surface area contributed by atoms with Gasteiger partial charge in [0.15, 0.2) is 0 Å². The average Bonchev–Trinajstić information content (AvgIpc) is 2.81. The first-order chi connectivity index (χ1) is 11.2. The predicted molar refractivity (Wildman–Crippen MR) is 88.7 cm³/mol. The normalized spacial score (nSPS) is 18.3. The van der Waals surface area contributed by atoms with Crippen molar-refractivity contribution in [3.63, 3.8) is 0 Å². The number of benzene rings is 1. The molecule has 6 heteroatoms. The van der Waals surface area contributed by atoms with Crippen molar-refractivity contribution in [2.45, 2.75) is 31.8 Å². The van der Waals surface area contributed by atoms with Crippen LogP contribution in [0.2, 0.25) is 0 Å². The van der Waals surface area contributed by atoms with Crippen LogP contribution in [-0.2, 0) is 0 Å². The van der Waals surface area contributed by atoms with Gasteiger partial charge in [0.25, 0.3) is 0 Å². The van der Waals surface area contributed by atoms with Gasteiger partial charge in [-0.05, 0) is 49.6 Å². The molecule has 1 aromatic heterocycles. The third kappa shape index (κ3) is 3.77. The summed E-state index contributed by atoms with van der Waals surface area (Å²) >= 11 is 0. The minimum Gasteiger partial charge on any atom is -0.478 e. The van der Waals surface area contributed by atoms with E-state index in [1.165, 1.54) is 6.42 Å². The Morgan fingerprint density at radius 3 is 2.57 bits per heavy atom. The highest BCUT2D eigenvalue weighted by molar-refractivity contribution is 5.88. The van der Waals surface area contributed by atoms with Crippen LogP contribution in [0.5, 0.6) is 0 Å². The van der Waals surface area contributed by atoms with Gasteiger partial charge in [0, 0.05) is 24.6 Å². The van der Waals surface area contributed by atoms with Crippen LogP contribution in [0.15, 0.2) is 42.7 Å². The monoisotopic (exact) mass is 312 g/mol. The smallest absolute Gasteiger partial charge is 0.335 e. The molecule has 2 aromatic rings. The largest absolute Gasteiger partial charge is 0.478 e. The molecular formula is C17H20N4O2. The number of rotatable bonds is 4. The lowest BCUT2D eigenvalue weighted by Crippen LogP contribution is -2.41. The van der Waals surface area contributed by atoms with Crippen LogP contribution in [0.3, 0.4) is 0 Å². The van der Waals surface area contributed by atoms with E-state index in [2.05, 4.69) is 20.2 Å². The highest BCUT2D eigenvalue weighted by Crippen LogP contribution is 2.25. The fraction of sp³-hybridized carbons (Fsp3) is 0.353. The van der Waals surface area contributed by atoms with E-state index in [1.54, 1.807) is 30.6 Å². The Kier molecular flexibility index (Phi) is 4.71. The zero-order valence-electron chi connectivity index (χ0n) is 12.9. The summed E-state index contributed by atoms with van der Waals surface area (Å²) in [5.74, 6) is -0.286. The van der Waals surface area contributed by atoms with Crippen molar-refractivity contribution in [1.29, 1.82) is 0 Å². The fourth-order valence-corrected chi connectivity index (χ4v) is 2.89. The first-order valence-corrected chi connectivity index (χ1v) is 7.87. The summed E-state index contributed by atoms with van der Waals surface area (Å²) in [6.07, 6.45) is 8.01. The number of anilines is 2. The van der Waals surface area contributed by atoms with E-state index in [0.717, 1.165) is 31.5 Å². The zero-order valence-corrected chi connectivity index (χ0v) is 12.9. The SMILES string of the molecule is O=C(O)c1ccc(N2CCCCCC2Nc2ncccn2)cc1. The van der Waals surface area contributed by atoms with Crippen molar-refractivity contribution in [2.24, 2.45) is 0 Å². The van der Waals surface area contributed by atoms with E-state index in [9.17, 15) is 4.79 Å². The Morgan fingerprint density at radius 2 is 1.87 bits per heavy atom. The van der Waals surface area contributed by atoms with E-state index in [1.807, 2.05) is 12.1 Å². The van der Waals surface area contributed by atoms with Crippen molar-refractivity contribution in [3.05, 3.63) is 48.3 Å². The van der Waals surface area contributed by atoms with Crippen molar-refractivity contribution < 1.29 is 9.90 Å². The summed E-state index contributed by atoms with van der Waals surface area (Å²) in [5.41, 5.74) is 1.32. The molecule has 3 rings (SSSR count). The van der Waals surface area contributed by atoms with E-state index in [-0.39, 0.29) is 6.17 Å². The molecule has 0 radical (unpaired) electrons. The third-order valence-electron chi connectivity index (χ3n) is 4.06. The molecule has 0 spiro atoms. The second kappa shape index (κ2) is 7.09. The van der Waals surface area contributed by atoms with Crippen LogP contribution in [0.1, 0.15) is 36.0 Å². The Morgan fingerprint density at radius 1 is 1.13 bits per heavy atom. The maximum atomic E-state index is 11.0. The van der Waals surface area contributed by atoms with E-state index < -0.39 is 5.97 Å². The molecule has 0 amide bonds. The first-order valence-electron chi connectivity index (χ1n) is 7.87. The van der Waals surface area contributed by atoms with Gasteiger partial charge in [-0.2, -0.15) is 0 Å². The number of carboxylic acids is 1. The van der Waals surface area contributed by atoms with Crippen LogP contribution in [0.25, 0.3) is 0 Å². The number of hydrogen-bond donors (Lipinski definition) is 2. The van der Waals surface area contributed by atoms with Crippen molar-refractivity contribution in [2.75, 3.05) is 16.8 Å². The third-order valence-corrected chi connectivity index (χ3v) is 4.06. The lowest BCUT2D eigenvalue weighted by atomic mass is 10.1. The summed E-state index contributed by atoms with van der Waals surface area (Å²) < 4.78 is 0. The summed E-state index contributed by atoms with van der Waals surface area (Å²) in [6.45, 7) is 0.927. The summed E-state index contributed by atoms with van der Waals surface area (Å²) in [4.78, 5) is 21.8. The minimum absolute atomic E-state index is 0.107. The number of carbonyl (C=O) groups is 1. The van der Waals surface area contributed by atoms with Crippen molar-refractivity contribution in [3.8, 4) is 0 Å². The van der Waals surface area contributed by atoms with Gasteiger partial charge in [0.2, 0.25) is 5.95 Å². The topological polar surface area (TPSA) is 78.4 Å². The molecule has 1 unspecified atom stereocenters. The maximum Gasteiger partial charge on any atom is 0.335 e. The van der Waals surface area contributed by atoms with Crippen molar-refractivity contribution in [1.82, 2.24) is 9.97 Å². The molecule has 1 atom stereocenters. The second-order valence-electron chi connectivity index (χ2n) is 5.63. The van der Waals surface area contributed by atoms with Crippen LogP contribution in [0, 0.1) is 0 Å². The van der Waals surface area contributed by atoms with Crippen LogP contribution >= 0.6 is 0 Å². The predicted octanol–water partition coefficient (Wildman–Crippen LogP) is 2.99. The van der Waals surface area contributed by atoms with Crippen LogP contribution in [0.4, 0.5) is 11.6 Å². The van der Waals surface area contributed by atoms with E-state index in [4.69, 9.17) is 5.11 Å². The molecule has 1 fully saturated rings. The highest BCUT2D eigenvalue weighted by atomic mass is 16.4. The summed E-state index contributed by atoms with van der Waals surface area (Å²) in [6, 6.07) is 8.84. The molecule has 1 saturated heterocycles. The van der Waals surface area contributed by atoms with Gasteiger partial charge in [0.1, 0.15) is 6.17 Å². The lowest BCUT2D eigenvalue weighted by Gasteiger charge is -2.32. The number of aromatic carboxylic acids is 1. The van der Waals surface area contributed by atoms with Gasteiger partial charge in [0.05, 0.1) is 5.56 Å². The molecule has 6 nitrogen and oxygen atoms in total. The van der Waals surface area contributed by atoms with Gasteiger partial charge in [-0.15, -0.1) is 0 Å². The number of nitrogens with one attached hydrogen (secondary N) is 1. The Labute approximate surface area is 135 Å². The van der Waals surface area contributed by atoms with Gasteiger partial charge >= 0.3 is 5.97 Å². The Balaban J connectivity index is 1.82. The van der Waals surface area contributed by atoms with Crippen molar-refractivity contribution >= 4 is 17.6 Å². The molecule has 2 heterocycles. The minimum atomic E-state index is -0.903. The molecule has 1 aromatic carbocycles. The van der Waals surface area contributed by atoms with Crippen LogP contribution in [-0.4, -0.2) is 33.8 Å². The molecule has 0 saturated carbocycles. The van der Waals surface area contributed by atoms with E-state index in [0.29, 0.717) is 11.5 Å². The second-order valence-corrected chi connectivity index (χ2v) is 5.63. The number of aromatic nitrogens is 2. The molecule has 23 heavy (non-hydrogen) atoms. The van der Waals surface area contributed by atoms with Gasteiger partial charge in [-0.1, -0.05) is 6.42 Å². The molecule has 0 bridgehead atoms. The van der Waals surface area contributed by atoms with E-state index >= 15 is 0 Å². The molecule has 0 aliphatic carbocycles. The van der Waals surface area contributed by atoms with Gasteiger partial charge in [-0.3, -0.25) is 0 Å². The molecule has 120 valence electrons. The first kappa shape index (κ1) is 15.3. The highest BCUT2D eigenvalue weighted by Gasteiger charge is 2.22. The maximum absolute atomic E-state index is 11.0. The average molecular weight is 312 g/mol. The lowest BCUT2D eigenvalue weighted by molar-refractivity contribution is 0.0697. The quantitative estimate of drug-likeness (QED) is 0.903. The number of hydrogen-bond acceptors (Lipinski definition) is 5. The summed E-state index contributed by atoms with van der Waals surface area (Å²) in [7, 11) is 0. The van der Waals surface area contributed by atoms with Crippen LogP contribution < -0.4 is 10.2 Å². The molecule has 2 N–H and O–H groups in total. The molecule has 1 aliphatic rings. The number of nitrogens with zero attached hydrogens (tertiary/aromatic N) is 3. The Bertz CT molecular complexity index is 645. The van der Waals surface area contributed by atoms with Gasteiger partial charge < -0.3 is 15.3 Å². The Hall–Kier alpha value is -2.63. The zero-order chi connectivity index (χ0) is 16.1. The summed E-state index contributed by atoms with van der Waals surface area (Å²) in [5, 5.41) is 12.4. The number of carboxylic acid groups (broad SMARTS) is 1. The molecular weight excluding hydrogens is 292 g/mol. The standard InChI is InChI=1S/C17H20N4O2/c22-16(23)13-6-8-14(9-7-13)21-12-3-1-2-5-15(21)20-17-18-10-4-11-19-17/h4,6-11,15H,1-3,5,12H2,(H,22,23)(H,18,19,20).